The summed E-state index contributed by atoms with van der Waals surface area (Å²) in [7, 11) is 0. The van der Waals surface area contributed by atoms with E-state index in [4.69, 9.17) is 4.74 Å². The zero-order valence-corrected chi connectivity index (χ0v) is 17.4. The number of amides is 2. The maximum Gasteiger partial charge on any atom is 0.267 e. The quantitative estimate of drug-likeness (QED) is 0.632. The second-order valence-electron chi connectivity index (χ2n) is 6.99. The van der Waals surface area contributed by atoms with Crippen LogP contribution in [0.5, 0.6) is 0 Å². The molecule has 154 valence electrons. The highest BCUT2D eigenvalue weighted by atomic mass is 32.1. The fraction of sp³-hybridized carbons (Fsp3) is 0.273. The van der Waals surface area contributed by atoms with Crippen LogP contribution in [0.25, 0.3) is 10.7 Å². The minimum atomic E-state index is -0.299. The van der Waals surface area contributed by atoms with Crippen LogP contribution in [-0.4, -0.2) is 41.0 Å². The van der Waals surface area contributed by atoms with Gasteiger partial charge in [-0.1, -0.05) is 18.2 Å². The lowest BCUT2D eigenvalue weighted by Gasteiger charge is -2.13. The molecule has 2 N–H and O–H groups in total. The Hall–Kier alpha value is -3.10. The van der Waals surface area contributed by atoms with Gasteiger partial charge in [0.2, 0.25) is 0 Å². The van der Waals surface area contributed by atoms with E-state index in [1.54, 1.807) is 37.4 Å². The standard InChI is InChI=1S/C22H22N4O3S/c1-14-19(30-22(25-14)18-10-4-5-11-23-18)21(28)26-17-9-3-2-8-16(17)20(27)24-13-15-7-6-12-29-15/h2-5,8-11,15H,6-7,12-13H2,1H3,(H,24,27)(H,26,28)/t15-/m1/s1. The summed E-state index contributed by atoms with van der Waals surface area (Å²) in [5, 5.41) is 6.44. The predicted octanol–water partition coefficient (Wildman–Crippen LogP) is 3.67. The van der Waals surface area contributed by atoms with E-state index in [1.165, 1.54) is 11.3 Å². The van der Waals surface area contributed by atoms with Crippen molar-refractivity contribution in [3.8, 4) is 10.7 Å². The van der Waals surface area contributed by atoms with E-state index in [-0.39, 0.29) is 17.9 Å². The average molecular weight is 423 g/mol. The van der Waals surface area contributed by atoms with E-state index >= 15 is 0 Å². The summed E-state index contributed by atoms with van der Waals surface area (Å²) >= 11 is 1.28. The minimum absolute atomic E-state index is 0.0561. The van der Waals surface area contributed by atoms with Gasteiger partial charge >= 0.3 is 0 Å². The first kappa shape index (κ1) is 20.2. The summed E-state index contributed by atoms with van der Waals surface area (Å²) in [6, 6.07) is 12.5. The second kappa shape index (κ2) is 9.15. The molecule has 30 heavy (non-hydrogen) atoms. The van der Waals surface area contributed by atoms with Gasteiger partial charge in [0, 0.05) is 19.3 Å². The fourth-order valence-electron chi connectivity index (χ4n) is 3.28. The third-order valence-electron chi connectivity index (χ3n) is 4.82. The number of nitrogens with one attached hydrogen (secondary N) is 2. The molecule has 0 unspecified atom stereocenters. The first-order valence-corrected chi connectivity index (χ1v) is 10.6. The fourth-order valence-corrected chi connectivity index (χ4v) is 4.22. The van der Waals surface area contributed by atoms with Gasteiger partial charge in [0.15, 0.2) is 0 Å². The number of hydrogen-bond donors (Lipinski definition) is 2. The van der Waals surface area contributed by atoms with Crippen molar-refractivity contribution < 1.29 is 14.3 Å². The maximum atomic E-state index is 12.9. The molecular weight excluding hydrogens is 400 g/mol. The Bertz CT molecular complexity index is 1050. The molecule has 1 saturated heterocycles. The van der Waals surface area contributed by atoms with Crippen molar-refractivity contribution in [2.45, 2.75) is 25.9 Å². The molecular formula is C22H22N4O3S. The average Bonchev–Trinajstić information content (AvgIpc) is 3.43. The third kappa shape index (κ3) is 4.55. The molecule has 1 aliphatic rings. The van der Waals surface area contributed by atoms with Crippen LogP contribution in [0, 0.1) is 6.92 Å². The summed E-state index contributed by atoms with van der Waals surface area (Å²) in [5.74, 6) is -0.539. The SMILES string of the molecule is Cc1nc(-c2ccccn2)sc1C(=O)Nc1ccccc1C(=O)NC[C@H]1CCCO1. The van der Waals surface area contributed by atoms with Crippen LogP contribution in [0.1, 0.15) is 38.6 Å². The number of para-hydroxylation sites is 1. The third-order valence-corrected chi connectivity index (χ3v) is 6.00. The number of benzene rings is 1. The Kier molecular flexibility index (Phi) is 6.15. The van der Waals surface area contributed by atoms with Gasteiger partial charge in [-0.3, -0.25) is 14.6 Å². The number of rotatable bonds is 6. The van der Waals surface area contributed by atoms with Crippen molar-refractivity contribution in [1.82, 2.24) is 15.3 Å². The number of aryl methyl sites for hydroxylation is 1. The molecule has 8 heteroatoms. The zero-order chi connectivity index (χ0) is 20.9. The highest BCUT2D eigenvalue weighted by Crippen LogP contribution is 2.27. The molecule has 7 nitrogen and oxygen atoms in total. The van der Waals surface area contributed by atoms with Gasteiger partial charge in [0.1, 0.15) is 9.88 Å². The number of carbonyl (C=O) groups is 2. The smallest absolute Gasteiger partial charge is 0.267 e. The van der Waals surface area contributed by atoms with Crippen molar-refractivity contribution in [3.63, 3.8) is 0 Å². The summed E-state index contributed by atoms with van der Waals surface area (Å²) < 4.78 is 5.55. The van der Waals surface area contributed by atoms with E-state index in [9.17, 15) is 9.59 Å². The van der Waals surface area contributed by atoms with Crippen LogP contribution in [0.15, 0.2) is 48.7 Å². The number of nitrogens with zero attached hydrogens (tertiary/aromatic N) is 2. The number of pyridine rings is 1. The van der Waals surface area contributed by atoms with Gasteiger partial charge < -0.3 is 15.4 Å². The number of anilines is 1. The Balaban J connectivity index is 1.48. The number of thiazole rings is 1. The highest BCUT2D eigenvalue weighted by molar-refractivity contribution is 7.17. The molecule has 2 aromatic heterocycles. The summed E-state index contributed by atoms with van der Waals surface area (Å²) in [6.45, 7) is 2.99. The zero-order valence-electron chi connectivity index (χ0n) is 16.6. The van der Waals surface area contributed by atoms with E-state index in [1.807, 2.05) is 18.2 Å². The van der Waals surface area contributed by atoms with Crippen LogP contribution in [-0.2, 0) is 4.74 Å². The summed E-state index contributed by atoms with van der Waals surface area (Å²) in [5.41, 5.74) is 2.22. The number of carbonyl (C=O) groups excluding carboxylic acids is 2. The lowest BCUT2D eigenvalue weighted by atomic mass is 10.1. The molecule has 0 spiro atoms. The molecule has 3 heterocycles. The van der Waals surface area contributed by atoms with Crippen LogP contribution >= 0.6 is 11.3 Å². The largest absolute Gasteiger partial charge is 0.376 e. The van der Waals surface area contributed by atoms with Gasteiger partial charge in [-0.2, -0.15) is 0 Å². The number of ether oxygens (including phenoxy) is 1. The minimum Gasteiger partial charge on any atom is -0.376 e. The lowest BCUT2D eigenvalue weighted by Crippen LogP contribution is -2.32. The molecule has 1 fully saturated rings. The van der Waals surface area contributed by atoms with E-state index in [0.717, 1.165) is 25.1 Å². The van der Waals surface area contributed by atoms with Gasteiger partial charge in [-0.25, -0.2) is 4.98 Å². The van der Waals surface area contributed by atoms with Crippen LogP contribution < -0.4 is 10.6 Å². The molecule has 0 saturated carbocycles. The second-order valence-corrected chi connectivity index (χ2v) is 7.99. The van der Waals surface area contributed by atoms with Crippen molar-refractivity contribution in [3.05, 3.63) is 64.8 Å². The molecule has 0 radical (unpaired) electrons. The van der Waals surface area contributed by atoms with Crippen LogP contribution in [0.3, 0.4) is 0 Å². The Morgan fingerprint density at radius 2 is 2.00 bits per heavy atom. The van der Waals surface area contributed by atoms with Crippen molar-refractivity contribution in [2.75, 3.05) is 18.5 Å². The molecule has 4 rings (SSSR count). The Morgan fingerprint density at radius 3 is 2.77 bits per heavy atom. The maximum absolute atomic E-state index is 12.9. The predicted molar refractivity (Wildman–Crippen MR) is 116 cm³/mol. The van der Waals surface area contributed by atoms with E-state index in [2.05, 4.69) is 20.6 Å². The summed E-state index contributed by atoms with van der Waals surface area (Å²) in [4.78, 5) is 34.8. The monoisotopic (exact) mass is 422 g/mol. The van der Waals surface area contributed by atoms with E-state index < -0.39 is 0 Å². The first-order valence-electron chi connectivity index (χ1n) is 9.81. The Labute approximate surface area is 178 Å². The lowest BCUT2D eigenvalue weighted by molar-refractivity contribution is 0.0858. The topological polar surface area (TPSA) is 93.2 Å². The molecule has 1 aromatic carbocycles. The normalized spacial score (nSPS) is 15.7. The van der Waals surface area contributed by atoms with Gasteiger partial charge in [0.05, 0.1) is 28.7 Å². The molecule has 1 atom stereocenters. The van der Waals surface area contributed by atoms with Crippen LogP contribution in [0.2, 0.25) is 0 Å². The molecule has 2 amide bonds. The Morgan fingerprint density at radius 1 is 1.17 bits per heavy atom. The van der Waals surface area contributed by atoms with Gasteiger partial charge in [0.25, 0.3) is 11.8 Å². The number of aromatic nitrogens is 2. The van der Waals surface area contributed by atoms with Crippen molar-refractivity contribution >= 4 is 28.8 Å². The van der Waals surface area contributed by atoms with Gasteiger partial charge in [-0.15, -0.1) is 11.3 Å². The van der Waals surface area contributed by atoms with Crippen molar-refractivity contribution in [1.29, 1.82) is 0 Å². The summed E-state index contributed by atoms with van der Waals surface area (Å²) in [6.07, 6.45) is 3.71. The first-order chi connectivity index (χ1) is 14.6. The van der Waals surface area contributed by atoms with E-state index in [0.29, 0.717) is 33.4 Å². The molecule has 0 aliphatic carbocycles. The van der Waals surface area contributed by atoms with Crippen LogP contribution in [0.4, 0.5) is 5.69 Å². The molecule has 3 aromatic rings. The van der Waals surface area contributed by atoms with Crippen molar-refractivity contribution in [2.24, 2.45) is 0 Å². The molecule has 1 aliphatic heterocycles. The molecule has 0 bridgehead atoms. The number of hydrogen-bond acceptors (Lipinski definition) is 6. The highest BCUT2D eigenvalue weighted by Gasteiger charge is 2.21. The van der Waals surface area contributed by atoms with Gasteiger partial charge in [-0.05, 0) is 44.0 Å².